The van der Waals surface area contributed by atoms with E-state index in [1.165, 1.54) is 28.9 Å². The van der Waals surface area contributed by atoms with E-state index in [1.54, 1.807) is 18.9 Å². The average molecular weight is 368 g/mol. The quantitative estimate of drug-likeness (QED) is 0.776. The molecule has 2 aliphatic heterocycles. The maximum absolute atomic E-state index is 13.4. The molecule has 1 saturated heterocycles. The molecule has 0 bridgehead atoms. The highest BCUT2D eigenvalue weighted by molar-refractivity contribution is 8.01. The molecule has 26 heavy (non-hydrogen) atoms. The molecule has 4 rings (SSSR count). The Labute approximate surface area is 159 Å². The predicted octanol–water partition coefficient (Wildman–Crippen LogP) is 4.86. The van der Waals surface area contributed by atoms with E-state index < -0.39 is 0 Å². The second-order valence-corrected chi connectivity index (χ2v) is 8.33. The number of hydrogen-bond acceptors (Lipinski definition) is 3. The summed E-state index contributed by atoms with van der Waals surface area (Å²) in [7, 11) is 1.69. The van der Waals surface area contributed by atoms with E-state index in [-0.39, 0.29) is 11.3 Å². The zero-order valence-corrected chi connectivity index (χ0v) is 16.0. The van der Waals surface area contributed by atoms with Gasteiger partial charge in [0.05, 0.1) is 18.4 Å². The first-order chi connectivity index (χ1) is 12.8. The van der Waals surface area contributed by atoms with Gasteiger partial charge in [0.1, 0.15) is 5.75 Å². The number of carbonyl (C=O) groups excluding carboxylic acids is 1. The normalized spacial score (nSPS) is 22.6. The molecule has 0 saturated carbocycles. The number of methoxy groups -OCH3 is 1. The fourth-order valence-corrected chi connectivity index (χ4v) is 5.32. The van der Waals surface area contributed by atoms with Crippen molar-refractivity contribution in [3.8, 4) is 5.75 Å². The van der Waals surface area contributed by atoms with Crippen LogP contribution in [0.5, 0.6) is 5.75 Å². The van der Waals surface area contributed by atoms with E-state index in [2.05, 4.69) is 41.3 Å². The molecule has 0 N–H and O–H groups in total. The minimum absolute atomic E-state index is 0.0197. The van der Waals surface area contributed by atoms with Crippen LogP contribution in [-0.2, 0) is 11.2 Å². The lowest BCUT2D eigenvalue weighted by molar-refractivity contribution is -0.133. The minimum atomic E-state index is 0.0197. The summed E-state index contributed by atoms with van der Waals surface area (Å²) in [6, 6.07) is 16.8. The molecule has 2 aliphatic rings. The Morgan fingerprint density at radius 1 is 1.08 bits per heavy atom. The van der Waals surface area contributed by atoms with Crippen LogP contribution in [-0.4, -0.2) is 29.7 Å². The first-order valence-electron chi connectivity index (χ1n) is 9.45. The van der Waals surface area contributed by atoms with Crippen LogP contribution in [0.2, 0.25) is 0 Å². The highest BCUT2D eigenvalue weighted by atomic mass is 32.2. The fourth-order valence-electron chi connectivity index (χ4n) is 4.05. The lowest BCUT2D eigenvalue weighted by atomic mass is 10.00. The SMILES string of the molecule is COc1ccc([C@H]2CCCCCN2C(=O)[C@@H]2Cc3ccccc3S2)cc1. The van der Waals surface area contributed by atoms with Gasteiger partial charge in [0, 0.05) is 11.4 Å². The molecule has 4 heteroatoms. The molecular formula is C22H25NO2S. The summed E-state index contributed by atoms with van der Waals surface area (Å²) in [4.78, 5) is 16.8. The van der Waals surface area contributed by atoms with E-state index in [1.807, 2.05) is 12.1 Å². The van der Waals surface area contributed by atoms with E-state index >= 15 is 0 Å². The van der Waals surface area contributed by atoms with E-state index in [9.17, 15) is 4.79 Å². The van der Waals surface area contributed by atoms with Gasteiger partial charge in [-0.25, -0.2) is 0 Å². The van der Waals surface area contributed by atoms with Crippen molar-refractivity contribution in [3.05, 3.63) is 59.7 Å². The van der Waals surface area contributed by atoms with Crippen LogP contribution >= 0.6 is 11.8 Å². The van der Waals surface area contributed by atoms with Gasteiger partial charge in [-0.3, -0.25) is 4.79 Å². The van der Waals surface area contributed by atoms with Crippen molar-refractivity contribution in [2.24, 2.45) is 0 Å². The standard InChI is InChI=1S/C22H25NO2S/c1-25-18-12-10-16(11-13-18)19-8-3-2-6-14-23(19)22(24)21-15-17-7-4-5-9-20(17)26-21/h4-5,7,9-13,19,21H,2-3,6,8,14-15H2,1H3/t19-,21+/m1/s1. The maximum atomic E-state index is 13.4. The van der Waals surface area contributed by atoms with Crippen molar-refractivity contribution >= 4 is 17.7 Å². The van der Waals surface area contributed by atoms with Gasteiger partial charge >= 0.3 is 0 Å². The van der Waals surface area contributed by atoms with Crippen molar-refractivity contribution in [1.82, 2.24) is 4.90 Å². The lowest BCUT2D eigenvalue weighted by Gasteiger charge is -2.32. The molecule has 3 nitrogen and oxygen atoms in total. The van der Waals surface area contributed by atoms with Gasteiger partial charge in [-0.15, -0.1) is 11.8 Å². The van der Waals surface area contributed by atoms with Crippen LogP contribution in [0, 0.1) is 0 Å². The van der Waals surface area contributed by atoms with Crippen LogP contribution in [0.3, 0.4) is 0 Å². The Balaban J connectivity index is 1.56. The molecule has 0 unspecified atom stereocenters. The Kier molecular flexibility index (Phi) is 5.21. The smallest absolute Gasteiger partial charge is 0.236 e. The number of likely N-dealkylation sites (tertiary alicyclic amines) is 1. The van der Waals surface area contributed by atoms with E-state index in [0.717, 1.165) is 31.6 Å². The Bertz CT molecular complexity index is 749. The largest absolute Gasteiger partial charge is 0.497 e. The number of hydrogen-bond donors (Lipinski definition) is 0. The number of carbonyl (C=O) groups is 1. The molecule has 0 radical (unpaired) electrons. The molecular weight excluding hydrogens is 342 g/mol. The second-order valence-electron chi connectivity index (χ2n) is 7.09. The van der Waals surface area contributed by atoms with E-state index in [0.29, 0.717) is 5.91 Å². The topological polar surface area (TPSA) is 29.5 Å². The number of amides is 1. The van der Waals surface area contributed by atoms with Crippen molar-refractivity contribution in [2.75, 3.05) is 13.7 Å². The van der Waals surface area contributed by atoms with E-state index in [4.69, 9.17) is 4.74 Å². The first-order valence-corrected chi connectivity index (χ1v) is 10.3. The van der Waals surface area contributed by atoms with Crippen LogP contribution in [0.25, 0.3) is 0 Å². The molecule has 0 aromatic heterocycles. The second kappa shape index (κ2) is 7.75. The number of nitrogens with zero attached hydrogens (tertiary/aromatic N) is 1. The summed E-state index contributed by atoms with van der Waals surface area (Å²) < 4.78 is 5.29. The number of rotatable bonds is 3. The number of fused-ring (bicyclic) bond motifs is 1. The summed E-state index contributed by atoms with van der Waals surface area (Å²) in [6.45, 7) is 0.864. The van der Waals surface area contributed by atoms with Crippen LogP contribution in [0.4, 0.5) is 0 Å². The number of ether oxygens (including phenoxy) is 1. The van der Waals surface area contributed by atoms with Gasteiger partial charge in [-0.1, -0.05) is 43.2 Å². The zero-order valence-electron chi connectivity index (χ0n) is 15.2. The lowest BCUT2D eigenvalue weighted by Crippen LogP contribution is -2.40. The zero-order chi connectivity index (χ0) is 17.9. The highest BCUT2D eigenvalue weighted by Crippen LogP contribution is 2.40. The maximum Gasteiger partial charge on any atom is 0.236 e. The summed E-state index contributed by atoms with van der Waals surface area (Å²) in [6.07, 6.45) is 5.38. The molecule has 136 valence electrons. The van der Waals surface area contributed by atoms with Crippen molar-refractivity contribution < 1.29 is 9.53 Å². The summed E-state index contributed by atoms with van der Waals surface area (Å²) in [5.74, 6) is 1.16. The molecule has 1 fully saturated rings. The van der Waals surface area contributed by atoms with Crippen molar-refractivity contribution in [3.63, 3.8) is 0 Å². The van der Waals surface area contributed by atoms with Gasteiger partial charge in [-0.05, 0) is 48.6 Å². The monoisotopic (exact) mass is 367 g/mol. The summed E-state index contributed by atoms with van der Waals surface area (Å²) >= 11 is 1.74. The predicted molar refractivity (Wildman–Crippen MR) is 106 cm³/mol. The molecule has 2 heterocycles. The third kappa shape index (κ3) is 3.48. The number of benzene rings is 2. The van der Waals surface area contributed by atoms with Crippen LogP contribution in [0.15, 0.2) is 53.4 Å². The third-order valence-electron chi connectivity index (χ3n) is 5.46. The van der Waals surface area contributed by atoms with Crippen molar-refractivity contribution in [2.45, 2.75) is 48.3 Å². The summed E-state index contributed by atoms with van der Waals surface area (Å²) in [5.41, 5.74) is 2.54. The summed E-state index contributed by atoms with van der Waals surface area (Å²) in [5, 5.41) is 0.0197. The average Bonchev–Trinajstić information content (AvgIpc) is 2.97. The molecule has 1 amide bonds. The first kappa shape index (κ1) is 17.5. The van der Waals surface area contributed by atoms with Gasteiger partial charge in [-0.2, -0.15) is 0 Å². The molecule has 0 aliphatic carbocycles. The van der Waals surface area contributed by atoms with Crippen LogP contribution in [0.1, 0.15) is 42.9 Å². The van der Waals surface area contributed by atoms with Gasteiger partial charge in [0.15, 0.2) is 0 Å². The molecule has 2 atom stereocenters. The van der Waals surface area contributed by atoms with Gasteiger partial charge < -0.3 is 9.64 Å². The minimum Gasteiger partial charge on any atom is -0.497 e. The number of thioether (sulfide) groups is 1. The Morgan fingerprint density at radius 3 is 2.65 bits per heavy atom. The van der Waals surface area contributed by atoms with Crippen molar-refractivity contribution in [1.29, 1.82) is 0 Å². The fraction of sp³-hybridized carbons (Fsp3) is 0.409. The molecule has 2 aromatic carbocycles. The third-order valence-corrected chi connectivity index (χ3v) is 6.76. The van der Waals surface area contributed by atoms with Crippen LogP contribution < -0.4 is 4.74 Å². The van der Waals surface area contributed by atoms with Gasteiger partial charge in [0.25, 0.3) is 0 Å². The molecule has 0 spiro atoms. The Hall–Kier alpha value is -1.94. The van der Waals surface area contributed by atoms with Gasteiger partial charge in [0.2, 0.25) is 5.91 Å². The Morgan fingerprint density at radius 2 is 1.88 bits per heavy atom. The molecule has 2 aromatic rings. The highest BCUT2D eigenvalue weighted by Gasteiger charge is 2.35.